The molecule has 0 radical (unpaired) electrons. The van der Waals surface area contributed by atoms with Crippen LogP contribution in [0.1, 0.15) is 17.2 Å². The van der Waals surface area contributed by atoms with Gasteiger partial charge in [-0.3, -0.25) is 0 Å². The topological polar surface area (TPSA) is 67.1 Å². The molecular formula is C15H17ClF3N5. The van der Waals surface area contributed by atoms with E-state index >= 15 is 0 Å². The van der Waals surface area contributed by atoms with Gasteiger partial charge in [0, 0.05) is 12.6 Å². The van der Waals surface area contributed by atoms with Crippen LogP contribution in [-0.2, 0) is 6.18 Å². The highest BCUT2D eigenvalue weighted by Gasteiger charge is 2.31. The summed E-state index contributed by atoms with van der Waals surface area (Å²) in [4.78, 5) is 9.55. The van der Waals surface area contributed by atoms with Gasteiger partial charge in [0.2, 0.25) is 5.95 Å². The number of nitrogens with two attached hydrogens (primary N) is 1. The normalized spacial score (nSPS) is 13.1. The second kappa shape index (κ2) is 7.23. The number of nitrogens with zero attached hydrogens (tertiary/aromatic N) is 3. The maximum absolute atomic E-state index is 12.9. The van der Waals surface area contributed by atoms with Crippen LogP contribution in [0.2, 0.25) is 5.15 Å². The van der Waals surface area contributed by atoms with E-state index in [1.54, 1.807) is 20.2 Å². The fraction of sp³-hybridized carbons (Fsp3) is 0.333. The summed E-state index contributed by atoms with van der Waals surface area (Å²) >= 11 is 5.81. The Hall–Kier alpha value is -2.06. The van der Waals surface area contributed by atoms with Gasteiger partial charge < -0.3 is 16.0 Å². The van der Waals surface area contributed by atoms with E-state index in [9.17, 15) is 13.2 Å². The van der Waals surface area contributed by atoms with E-state index in [0.29, 0.717) is 17.9 Å². The molecule has 0 aliphatic heterocycles. The van der Waals surface area contributed by atoms with E-state index in [-0.39, 0.29) is 17.1 Å². The molecule has 1 aromatic heterocycles. The van der Waals surface area contributed by atoms with Gasteiger partial charge in [0.05, 0.1) is 11.6 Å². The van der Waals surface area contributed by atoms with Gasteiger partial charge in [-0.2, -0.15) is 18.2 Å². The van der Waals surface area contributed by atoms with Gasteiger partial charge in [0.15, 0.2) is 0 Å². The Labute approximate surface area is 142 Å². The predicted molar refractivity (Wildman–Crippen MR) is 87.8 cm³/mol. The van der Waals surface area contributed by atoms with Crippen molar-refractivity contribution in [2.75, 3.05) is 31.7 Å². The number of rotatable bonds is 5. The van der Waals surface area contributed by atoms with Crippen molar-refractivity contribution in [1.82, 2.24) is 14.9 Å². The standard InChI is InChI=1S/C15H17ClF3N5/c1-24(2)11(8-21-13-7-12(16)22-14(20)23-13)9-4-3-5-10(6-9)15(17,18)19/h3-7,11H,8H2,1-2H3,(H3,20,21,22,23). The molecule has 0 amide bonds. The summed E-state index contributed by atoms with van der Waals surface area (Å²) in [6.45, 7) is 0.321. The zero-order valence-electron chi connectivity index (χ0n) is 13.1. The zero-order valence-corrected chi connectivity index (χ0v) is 13.9. The number of benzene rings is 1. The third-order valence-electron chi connectivity index (χ3n) is 3.41. The van der Waals surface area contributed by atoms with Crippen LogP contribution in [0.3, 0.4) is 0 Å². The van der Waals surface area contributed by atoms with E-state index in [2.05, 4.69) is 15.3 Å². The molecule has 0 aliphatic carbocycles. The highest BCUT2D eigenvalue weighted by Crippen LogP contribution is 2.31. The van der Waals surface area contributed by atoms with Crippen LogP contribution < -0.4 is 11.1 Å². The lowest BCUT2D eigenvalue weighted by molar-refractivity contribution is -0.137. The molecule has 1 unspecified atom stereocenters. The number of aromatic nitrogens is 2. The van der Waals surface area contributed by atoms with Crippen molar-refractivity contribution in [3.63, 3.8) is 0 Å². The minimum absolute atomic E-state index is 0.0190. The molecule has 24 heavy (non-hydrogen) atoms. The van der Waals surface area contributed by atoms with Crippen molar-refractivity contribution in [3.05, 3.63) is 46.6 Å². The third-order valence-corrected chi connectivity index (χ3v) is 3.60. The van der Waals surface area contributed by atoms with Crippen molar-refractivity contribution < 1.29 is 13.2 Å². The Morgan fingerprint density at radius 3 is 2.54 bits per heavy atom. The van der Waals surface area contributed by atoms with E-state index < -0.39 is 11.7 Å². The number of anilines is 2. The second-order valence-corrected chi connectivity index (χ2v) is 5.80. The highest BCUT2D eigenvalue weighted by atomic mass is 35.5. The van der Waals surface area contributed by atoms with Gasteiger partial charge in [0.1, 0.15) is 11.0 Å². The molecule has 2 rings (SSSR count). The number of nitrogen functional groups attached to an aromatic ring is 1. The van der Waals surface area contributed by atoms with Crippen molar-refractivity contribution >= 4 is 23.4 Å². The summed E-state index contributed by atoms with van der Waals surface area (Å²) in [6, 6.07) is 6.44. The number of halogens is 4. The fourth-order valence-corrected chi connectivity index (χ4v) is 2.44. The number of nitrogens with one attached hydrogen (secondary N) is 1. The van der Waals surface area contributed by atoms with Crippen LogP contribution in [0.15, 0.2) is 30.3 Å². The average molecular weight is 360 g/mol. The predicted octanol–water partition coefficient (Wildman–Crippen LogP) is 3.45. The smallest absolute Gasteiger partial charge is 0.368 e. The SMILES string of the molecule is CN(C)C(CNc1cc(Cl)nc(N)n1)c1cccc(C(F)(F)F)c1. The molecule has 0 bridgehead atoms. The van der Waals surface area contributed by atoms with Crippen LogP contribution in [0.25, 0.3) is 0 Å². The molecule has 3 N–H and O–H groups in total. The molecule has 2 aromatic rings. The minimum atomic E-state index is -4.38. The summed E-state index contributed by atoms with van der Waals surface area (Å²) in [6.07, 6.45) is -4.38. The first kappa shape index (κ1) is 18.3. The van der Waals surface area contributed by atoms with Gasteiger partial charge in [-0.05, 0) is 31.8 Å². The van der Waals surface area contributed by atoms with E-state index in [0.717, 1.165) is 12.1 Å². The first-order valence-electron chi connectivity index (χ1n) is 7.04. The summed E-state index contributed by atoms with van der Waals surface area (Å²) in [5.41, 5.74) is 5.38. The number of hydrogen-bond donors (Lipinski definition) is 2. The molecule has 130 valence electrons. The summed E-state index contributed by atoms with van der Waals surface area (Å²) in [5.74, 6) is 0.428. The second-order valence-electron chi connectivity index (χ2n) is 5.42. The van der Waals surface area contributed by atoms with Gasteiger partial charge in [-0.1, -0.05) is 23.7 Å². The van der Waals surface area contributed by atoms with Crippen LogP contribution >= 0.6 is 11.6 Å². The van der Waals surface area contributed by atoms with Crippen molar-refractivity contribution in [2.45, 2.75) is 12.2 Å². The Morgan fingerprint density at radius 1 is 1.25 bits per heavy atom. The minimum Gasteiger partial charge on any atom is -0.368 e. The zero-order chi connectivity index (χ0) is 17.9. The lowest BCUT2D eigenvalue weighted by Crippen LogP contribution is -2.27. The summed E-state index contributed by atoms with van der Waals surface area (Å²) in [5, 5.41) is 3.21. The monoisotopic (exact) mass is 359 g/mol. The Balaban J connectivity index is 2.21. The molecule has 1 atom stereocenters. The first-order chi connectivity index (χ1) is 11.2. The van der Waals surface area contributed by atoms with E-state index in [1.165, 1.54) is 12.1 Å². The van der Waals surface area contributed by atoms with Gasteiger partial charge in [0.25, 0.3) is 0 Å². The molecule has 1 aromatic carbocycles. The maximum atomic E-state index is 12.9. The van der Waals surface area contributed by atoms with E-state index in [4.69, 9.17) is 17.3 Å². The molecular weight excluding hydrogens is 343 g/mol. The quantitative estimate of drug-likeness (QED) is 0.800. The molecule has 5 nitrogen and oxygen atoms in total. The third kappa shape index (κ3) is 4.72. The molecule has 0 saturated carbocycles. The number of alkyl halides is 3. The fourth-order valence-electron chi connectivity index (χ4n) is 2.25. The van der Waals surface area contributed by atoms with E-state index in [1.807, 2.05) is 4.90 Å². The number of hydrogen-bond acceptors (Lipinski definition) is 5. The maximum Gasteiger partial charge on any atom is 0.416 e. The molecule has 9 heteroatoms. The van der Waals surface area contributed by atoms with Crippen LogP contribution in [0.4, 0.5) is 24.9 Å². The Kier molecular flexibility index (Phi) is 5.51. The molecule has 0 spiro atoms. The molecule has 0 saturated heterocycles. The molecule has 1 heterocycles. The average Bonchev–Trinajstić information content (AvgIpc) is 2.45. The lowest BCUT2D eigenvalue weighted by Gasteiger charge is -2.26. The van der Waals surface area contributed by atoms with Gasteiger partial charge in [-0.15, -0.1) is 0 Å². The molecule has 0 fully saturated rings. The summed E-state index contributed by atoms with van der Waals surface area (Å²) < 4.78 is 38.7. The highest BCUT2D eigenvalue weighted by molar-refractivity contribution is 6.29. The van der Waals surface area contributed by atoms with Crippen molar-refractivity contribution in [3.8, 4) is 0 Å². The Bertz CT molecular complexity index is 685. The van der Waals surface area contributed by atoms with Crippen molar-refractivity contribution in [1.29, 1.82) is 0 Å². The van der Waals surface area contributed by atoms with Gasteiger partial charge >= 0.3 is 6.18 Å². The lowest BCUT2D eigenvalue weighted by atomic mass is 10.0. The Morgan fingerprint density at radius 2 is 1.96 bits per heavy atom. The summed E-state index contributed by atoms with van der Waals surface area (Å²) in [7, 11) is 3.57. The van der Waals surface area contributed by atoms with Crippen LogP contribution in [-0.4, -0.2) is 35.5 Å². The largest absolute Gasteiger partial charge is 0.416 e. The van der Waals surface area contributed by atoms with Gasteiger partial charge in [-0.25, -0.2) is 4.98 Å². The number of likely N-dealkylation sites (N-methyl/N-ethyl adjacent to an activating group) is 1. The van der Waals surface area contributed by atoms with Crippen LogP contribution in [0.5, 0.6) is 0 Å². The first-order valence-corrected chi connectivity index (χ1v) is 7.42. The van der Waals surface area contributed by atoms with Crippen molar-refractivity contribution in [2.24, 2.45) is 0 Å². The molecule has 0 aliphatic rings. The van der Waals surface area contributed by atoms with Crippen LogP contribution in [0, 0.1) is 0 Å².